The van der Waals surface area contributed by atoms with Crippen molar-refractivity contribution in [2.45, 2.75) is 46.7 Å². The lowest BCUT2D eigenvalue weighted by molar-refractivity contribution is -0.118. The fraction of sp³-hybridized carbons (Fsp3) is 0.258. The highest BCUT2D eigenvalue weighted by Gasteiger charge is 2.42. The number of aromatic nitrogens is 2. The van der Waals surface area contributed by atoms with E-state index in [-0.39, 0.29) is 23.9 Å². The minimum atomic E-state index is -0.160. The predicted molar refractivity (Wildman–Crippen MR) is 163 cm³/mol. The smallest absolute Gasteiger partial charge is 0.226 e. The van der Waals surface area contributed by atoms with Crippen molar-refractivity contribution in [2.24, 2.45) is 5.92 Å². The first kappa shape index (κ1) is 26.9. The zero-order chi connectivity index (χ0) is 27.8. The minimum Gasteiger partial charge on any atom is -0.351 e. The van der Waals surface area contributed by atoms with Crippen molar-refractivity contribution >= 4 is 46.2 Å². The van der Waals surface area contributed by atoms with Crippen LogP contribution in [0.3, 0.4) is 0 Å². The molecule has 3 heterocycles. The van der Waals surface area contributed by atoms with E-state index in [1.807, 2.05) is 75.5 Å². The van der Waals surface area contributed by atoms with Crippen molar-refractivity contribution in [2.75, 3.05) is 10.2 Å². The summed E-state index contributed by atoms with van der Waals surface area (Å²) in [6.07, 6.45) is 1.81. The van der Waals surface area contributed by atoms with Crippen LogP contribution in [0.1, 0.15) is 54.1 Å². The van der Waals surface area contributed by atoms with Gasteiger partial charge in [-0.25, -0.2) is 0 Å². The summed E-state index contributed by atoms with van der Waals surface area (Å²) in [5, 5.41) is 7.90. The van der Waals surface area contributed by atoms with Crippen molar-refractivity contribution in [1.29, 1.82) is 0 Å². The largest absolute Gasteiger partial charge is 0.351 e. The molecule has 2 aromatic carbocycles. The lowest BCUT2D eigenvalue weighted by Crippen LogP contribution is -2.29. The number of hydrogen-bond donors (Lipinski definition) is 2. The second kappa shape index (κ2) is 10.8. The van der Waals surface area contributed by atoms with Gasteiger partial charge in [0.25, 0.3) is 0 Å². The van der Waals surface area contributed by atoms with Crippen LogP contribution in [0.4, 0.5) is 11.4 Å². The summed E-state index contributed by atoms with van der Waals surface area (Å²) in [4.78, 5) is 19.2. The highest BCUT2D eigenvalue weighted by molar-refractivity contribution is 7.80. The zero-order valence-corrected chi connectivity index (χ0v) is 24.3. The summed E-state index contributed by atoms with van der Waals surface area (Å²) in [5.41, 5.74) is 7.99. The van der Waals surface area contributed by atoms with Gasteiger partial charge in [0.1, 0.15) is 0 Å². The van der Waals surface area contributed by atoms with Gasteiger partial charge >= 0.3 is 0 Å². The van der Waals surface area contributed by atoms with Crippen LogP contribution in [0.2, 0.25) is 5.02 Å². The van der Waals surface area contributed by atoms with E-state index < -0.39 is 0 Å². The molecule has 1 saturated heterocycles. The van der Waals surface area contributed by atoms with Crippen molar-refractivity contribution in [3.8, 4) is 5.69 Å². The molecule has 0 bridgehead atoms. The number of carbonyl (C=O) groups is 1. The Morgan fingerprint density at radius 3 is 2.49 bits per heavy atom. The van der Waals surface area contributed by atoms with Gasteiger partial charge in [0.15, 0.2) is 5.11 Å². The van der Waals surface area contributed by atoms with Crippen molar-refractivity contribution in [1.82, 2.24) is 14.9 Å². The third-order valence-corrected chi connectivity index (χ3v) is 7.77. The van der Waals surface area contributed by atoms with Crippen LogP contribution in [0.15, 0.2) is 72.9 Å². The number of nitrogens with zero attached hydrogens (tertiary/aromatic N) is 3. The summed E-state index contributed by atoms with van der Waals surface area (Å²) < 4.78 is 2.23. The number of halogens is 1. The molecule has 4 aromatic rings. The van der Waals surface area contributed by atoms with Crippen LogP contribution < -0.4 is 15.5 Å². The first-order valence-electron chi connectivity index (χ1n) is 13.0. The van der Waals surface area contributed by atoms with E-state index in [1.54, 1.807) is 0 Å². The molecule has 1 amide bonds. The Morgan fingerprint density at radius 1 is 1.03 bits per heavy atom. The summed E-state index contributed by atoms with van der Waals surface area (Å²) in [6.45, 7) is 10.0. The normalized spacial score (nSPS) is 17.0. The van der Waals surface area contributed by atoms with Gasteiger partial charge in [-0.2, -0.15) is 0 Å². The summed E-state index contributed by atoms with van der Waals surface area (Å²) >= 11 is 12.3. The topological polar surface area (TPSA) is 62.2 Å². The number of carbonyl (C=O) groups excluding carboxylic acids is 1. The fourth-order valence-corrected chi connectivity index (χ4v) is 5.79. The molecule has 5 rings (SSSR count). The molecule has 1 aliphatic rings. The molecule has 0 aliphatic carbocycles. The quantitative estimate of drug-likeness (QED) is 0.245. The molecular formula is C31H32ClN5OS. The average molecular weight is 558 g/mol. The van der Waals surface area contributed by atoms with Crippen LogP contribution in [0.5, 0.6) is 0 Å². The van der Waals surface area contributed by atoms with Crippen molar-refractivity contribution in [3.63, 3.8) is 0 Å². The lowest BCUT2D eigenvalue weighted by Gasteiger charge is -2.29. The second-order valence-electron chi connectivity index (χ2n) is 10.3. The first-order valence-corrected chi connectivity index (χ1v) is 13.8. The van der Waals surface area contributed by atoms with Crippen molar-refractivity contribution in [3.05, 3.63) is 106 Å². The molecule has 2 N–H and O–H groups in total. The van der Waals surface area contributed by atoms with E-state index in [9.17, 15) is 4.79 Å². The highest BCUT2D eigenvalue weighted by Crippen LogP contribution is 2.44. The molecule has 2 aromatic heterocycles. The Hall–Kier alpha value is -3.68. The van der Waals surface area contributed by atoms with Gasteiger partial charge in [0.05, 0.1) is 17.8 Å². The van der Waals surface area contributed by atoms with Crippen LogP contribution in [0, 0.1) is 26.7 Å². The Morgan fingerprint density at radius 2 is 1.82 bits per heavy atom. The Labute approximate surface area is 240 Å². The third-order valence-electron chi connectivity index (χ3n) is 7.22. The molecule has 6 nitrogen and oxygen atoms in total. The van der Waals surface area contributed by atoms with Gasteiger partial charge in [0.2, 0.25) is 5.91 Å². The van der Waals surface area contributed by atoms with Gasteiger partial charge in [-0.15, -0.1) is 0 Å². The number of aryl methyl sites for hydroxylation is 2. The molecule has 0 saturated carbocycles. The molecule has 8 heteroatoms. The first-order chi connectivity index (χ1) is 18.7. The molecule has 0 spiro atoms. The van der Waals surface area contributed by atoms with E-state index in [0.29, 0.717) is 10.1 Å². The number of benzene rings is 2. The number of amides is 1. The van der Waals surface area contributed by atoms with Gasteiger partial charge in [-0.05, 0) is 98.7 Å². The van der Waals surface area contributed by atoms with Crippen LogP contribution in [0.25, 0.3) is 5.69 Å². The third kappa shape index (κ3) is 5.16. The number of hydrogen-bond acceptors (Lipinski definition) is 3. The molecular weight excluding hydrogens is 526 g/mol. The molecule has 0 radical (unpaired) electrons. The van der Waals surface area contributed by atoms with E-state index >= 15 is 0 Å². The van der Waals surface area contributed by atoms with E-state index in [2.05, 4.69) is 57.1 Å². The number of anilines is 2. The number of pyridine rings is 1. The summed E-state index contributed by atoms with van der Waals surface area (Å²) in [5.74, 6) is -0.108. The maximum atomic E-state index is 12.3. The Bertz CT molecular complexity index is 1550. The van der Waals surface area contributed by atoms with E-state index in [1.165, 1.54) is 0 Å². The predicted octanol–water partition coefficient (Wildman–Crippen LogP) is 7.22. The lowest BCUT2D eigenvalue weighted by atomic mass is 9.96. The van der Waals surface area contributed by atoms with E-state index in [4.69, 9.17) is 23.8 Å². The summed E-state index contributed by atoms with van der Waals surface area (Å²) in [7, 11) is 0. The Balaban J connectivity index is 1.62. The van der Waals surface area contributed by atoms with Gasteiger partial charge < -0.3 is 20.1 Å². The van der Waals surface area contributed by atoms with Crippen LogP contribution in [-0.4, -0.2) is 20.6 Å². The highest BCUT2D eigenvalue weighted by atomic mass is 35.5. The molecule has 1 fully saturated rings. The number of thiocarbonyl (C=S) groups is 1. The maximum absolute atomic E-state index is 12.3. The molecule has 200 valence electrons. The monoisotopic (exact) mass is 557 g/mol. The standard InChI is InChI=1S/C31H32ClN5OS/c1-18(2)30(38)34-26-13-12-24(15-19(26)3)37-29(28(35-31(37)39)27-11-6-7-14-33-27)25-16-20(4)36(21(25)5)23-10-8-9-22(32)17-23/h6-18,28-29H,1-5H3,(H,34,38)(H,35,39)/t28-,29-/m1/s1. The van der Waals surface area contributed by atoms with E-state index in [0.717, 1.165) is 45.3 Å². The van der Waals surface area contributed by atoms with Crippen molar-refractivity contribution < 1.29 is 4.79 Å². The number of nitrogens with one attached hydrogen (secondary N) is 2. The minimum absolute atomic E-state index is 0.00856. The van der Waals surface area contributed by atoms with Gasteiger partial charge in [-0.3, -0.25) is 9.78 Å². The molecule has 2 atom stereocenters. The average Bonchev–Trinajstić information content (AvgIpc) is 3.40. The van der Waals surface area contributed by atoms with Gasteiger partial charge in [-0.1, -0.05) is 37.6 Å². The molecule has 0 unspecified atom stereocenters. The second-order valence-corrected chi connectivity index (χ2v) is 11.1. The zero-order valence-electron chi connectivity index (χ0n) is 22.7. The fourth-order valence-electron chi connectivity index (χ4n) is 5.26. The molecule has 1 aliphatic heterocycles. The van der Waals surface area contributed by atoms with Crippen LogP contribution in [-0.2, 0) is 4.79 Å². The number of rotatable bonds is 6. The summed E-state index contributed by atoms with van der Waals surface area (Å²) in [6, 6.07) is 21.8. The molecule has 39 heavy (non-hydrogen) atoms. The maximum Gasteiger partial charge on any atom is 0.226 e. The Kier molecular flexibility index (Phi) is 7.47. The van der Waals surface area contributed by atoms with Gasteiger partial charge in [0, 0.05) is 45.6 Å². The van der Waals surface area contributed by atoms with Crippen LogP contribution >= 0.6 is 23.8 Å². The SMILES string of the molecule is Cc1cc(N2C(=S)N[C@H](c3ccccn3)[C@H]2c2cc(C)n(-c3cccc(Cl)c3)c2C)ccc1NC(=O)C(C)C.